The van der Waals surface area contributed by atoms with E-state index < -0.39 is 0 Å². The second-order valence-electron chi connectivity index (χ2n) is 4.68. The van der Waals surface area contributed by atoms with Crippen LogP contribution in [-0.2, 0) is 13.1 Å². The minimum Gasteiger partial charge on any atom is -0.459 e. The Kier molecular flexibility index (Phi) is 3.09. The van der Waals surface area contributed by atoms with E-state index in [-0.39, 0.29) is 0 Å². The number of fused-ring (bicyclic) bond motifs is 1. The van der Waals surface area contributed by atoms with Gasteiger partial charge in [0.25, 0.3) is 0 Å². The molecule has 2 heterocycles. The van der Waals surface area contributed by atoms with E-state index in [1.54, 1.807) is 0 Å². The zero-order valence-corrected chi connectivity index (χ0v) is 11.2. The maximum atomic E-state index is 5.91. The van der Waals surface area contributed by atoms with Crippen LogP contribution in [0.1, 0.15) is 17.0 Å². The average molecular weight is 255 g/mol. The van der Waals surface area contributed by atoms with E-state index in [9.17, 15) is 0 Å². The van der Waals surface area contributed by atoms with Crippen LogP contribution in [0.25, 0.3) is 11.0 Å². The summed E-state index contributed by atoms with van der Waals surface area (Å²) in [4.78, 5) is 0. The zero-order chi connectivity index (χ0) is 13.2. The van der Waals surface area contributed by atoms with E-state index in [0.29, 0.717) is 0 Å². The third-order valence-electron chi connectivity index (χ3n) is 3.21. The fourth-order valence-corrected chi connectivity index (χ4v) is 2.34. The number of aryl methyl sites for hydroxylation is 1. The normalized spacial score (nSPS) is 11.3. The Morgan fingerprint density at radius 3 is 2.84 bits per heavy atom. The minimum atomic E-state index is 0.726. The summed E-state index contributed by atoms with van der Waals surface area (Å²) in [6.07, 6.45) is 2.00. The van der Waals surface area contributed by atoms with Crippen LogP contribution in [0.2, 0.25) is 0 Å². The topological polar surface area (TPSA) is 43.0 Å². The lowest BCUT2D eigenvalue weighted by Gasteiger charge is -2.03. The van der Waals surface area contributed by atoms with E-state index in [1.165, 1.54) is 10.9 Å². The summed E-state index contributed by atoms with van der Waals surface area (Å²) in [5.74, 6) is 0.983. The molecule has 1 N–H and O–H groups in total. The molecule has 0 fully saturated rings. The number of para-hydroxylation sites is 1. The summed E-state index contributed by atoms with van der Waals surface area (Å²) < 4.78 is 7.87. The molecular weight excluding hydrogens is 238 g/mol. The Hall–Kier alpha value is -2.07. The Balaban J connectivity index is 2.06. The van der Waals surface area contributed by atoms with Crippen molar-refractivity contribution in [1.82, 2.24) is 15.1 Å². The number of nitrogens with zero attached hydrogens (tertiary/aromatic N) is 2. The molecule has 0 bridgehead atoms. The highest BCUT2D eigenvalue weighted by Crippen LogP contribution is 2.26. The molecule has 2 aromatic heterocycles. The van der Waals surface area contributed by atoms with Crippen LogP contribution in [0.15, 0.2) is 40.9 Å². The molecule has 1 aromatic carbocycles. The maximum absolute atomic E-state index is 5.91. The van der Waals surface area contributed by atoms with Crippen molar-refractivity contribution >= 4 is 11.0 Å². The Morgan fingerprint density at radius 1 is 1.26 bits per heavy atom. The number of furan rings is 1. The molecule has 0 atom stereocenters. The van der Waals surface area contributed by atoms with Crippen molar-refractivity contribution in [3.63, 3.8) is 0 Å². The minimum absolute atomic E-state index is 0.726. The molecule has 0 unspecified atom stereocenters. The SMILES string of the molecule is CNCc1oc2ccccc2c1Cn1ccc(C)n1. The fourth-order valence-electron chi connectivity index (χ4n) is 2.34. The monoisotopic (exact) mass is 255 g/mol. The van der Waals surface area contributed by atoms with Crippen LogP contribution < -0.4 is 5.32 Å². The van der Waals surface area contributed by atoms with E-state index in [1.807, 2.05) is 49.1 Å². The summed E-state index contributed by atoms with van der Waals surface area (Å²) in [6, 6.07) is 10.2. The van der Waals surface area contributed by atoms with Crippen LogP contribution >= 0.6 is 0 Å². The molecule has 4 nitrogen and oxygen atoms in total. The molecule has 0 amide bonds. The Labute approximate surface area is 112 Å². The summed E-state index contributed by atoms with van der Waals surface area (Å²) in [5, 5.41) is 8.77. The van der Waals surface area contributed by atoms with Crippen LogP contribution in [0.5, 0.6) is 0 Å². The van der Waals surface area contributed by atoms with E-state index in [4.69, 9.17) is 4.42 Å². The van der Waals surface area contributed by atoms with Crippen molar-refractivity contribution in [3.05, 3.63) is 53.5 Å². The van der Waals surface area contributed by atoms with Gasteiger partial charge in [0.1, 0.15) is 11.3 Å². The third kappa shape index (κ3) is 2.27. The van der Waals surface area contributed by atoms with Gasteiger partial charge in [-0.05, 0) is 26.1 Å². The molecule has 0 saturated carbocycles. The van der Waals surface area contributed by atoms with E-state index in [0.717, 1.165) is 30.1 Å². The predicted molar refractivity (Wildman–Crippen MR) is 75.0 cm³/mol. The average Bonchev–Trinajstić information content (AvgIpc) is 2.96. The van der Waals surface area contributed by atoms with Gasteiger partial charge in [-0.3, -0.25) is 4.68 Å². The molecule has 19 heavy (non-hydrogen) atoms. The van der Waals surface area contributed by atoms with Crippen LogP contribution in [-0.4, -0.2) is 16.8 Å². The maximum Gasteiger partial charge on any atom is 0.134 e. The standard InChI is InChI=1S/C15H17N3O/c1-11-7-8-18(17-11)10-13-12-5-3-4-6-14(12)19-15(13)9-16-2/h3-8,16H,9-10H2,1-2H3. The van der Waals surface area contributed by atoms with Crippen molar-refractivity contribution < 1.29 is 4.42 Å². The summed E-state index contributed by atoms with van der Waals surface area (Å²) in [5.41, 5.74) is 3.17. The molecule has 0 aliphatic carbocycles. The largest absolute Gasteiger partial charge is 0.459 e. The smallest absolute Gasteiger partial charge is 0.134 e. The Bertz CT molecular complexity index is 696. The van der Waals surface area contributed by atoms with Crippen LogP contribution in [0.3, 0.4) is 0 Å². The van der Waals surface area contributed by atoms with Crippen molar-refractivity contribution in [3.8, 4) is 0 Å². The molecular formula is C15H17N3O. The first-order chi connectivity index (χ1) is 9.28. The summed E-state index contributed by atoms with van der Waals surface area (Å²) >= 11 is 0. The summed E-state index contributed by atoms with van der Waals surface area (Å²) in [6.45, 7) is 3.46. The molecule has 0 spiro atoms. The molecule has 0 aliphatic heterocycles. The number of aromatic nitrogens is 2. The van der Waals surface area contributed by atoms with Gasteiger partial charge in [-0.1, -0.05) is 18.2 Å². The van der Waals surface area contributed by atoms with Gasteiger partial charge in [-0.25, -0.2) is 0 Å². The van der Waals surface area contributed by atoms with Crippen molar-refractivity contribution in [2.24, 2.45) is 0 Å². The van der Waals surface area contributed by atoms with Gasteiger partial charge < -0.3 is 9.73 Å². The highest BCUT2D eigenvalue weighted by atomic mass is 16.3. The molecule has 4 heteroatoms. The van der Waals surface area contributed by atoms with Crippen molar-refractivity contribution in [1.29, 1.82) is 0 Å². The molecule has 3 rings (SSSR count). The van der Waals surface area contributed by atoms with E-state index in [2.05, 4.69) is 16.5 Å². The van der Waals surface area contributed by atoms with Gasteiger partial charge in [0, 0.05) is 17.1 Å². The summed E-state index contributed by atoms with van der Waals surface area (Å²) in [7, 11) is 1.93. The number of hydrogen-bond acceptors (Lipinski definition) is 3. The fraction of sp³-hybridized carbons (Fsp3) is 0.267. The molecule has 98 valence electrons. The van der Waals surface area contributed by atoms with Gasteiger partial charge in [0.2, 0.25) is 0 Å². The first-order valence-electron chi connectivity index (χ1n) is 6.42. The number of hydrogen-bond donors (Lipinski definition) is 1. The molecule has 0 aliphatic rings. The Morgan fingerprint density at radius 2 is 2.11 bits per heavy atom. The second-order valence-corrected chi connectivity index (χ2v) is 4.68. The highest BCUT2D eigenvalue weighted by Gasteiger charge is 2.13. The molecule has 0 saturated heterocycles. The van der Waals surface area contributed by atoms with E-state index >= 15 is 0 Å². The number of nitrogens with one attached hydrogen (secondary N) is 1. The molecule has 3 aromatic rings. The van der Waals surface area contributed by atoms with Gasteiger partial charge in [-0.15, -0.1) is 0 Å². The molecule has 0 radical (unpaired) electrons. The number of benzene rings is 1. The van der Waals surface area contributed by atoms with Gasteiger partial charge in [0.15, 0.2) is 0 Å². The van der Waals surface area contributed by atoms with Crippen molar-refractivity contribution in [2.75, 3.05) is 7.05 Å². The number of rotatable bonds is 4. The first-order valence-corrected chi connectivity index (χ1v) is 6.42. The predicted octanol–water partition coefficient (Wildman–Crippen LogP) is 2.71. The lowest BCUT2D eigenvalue weighted by atomic mass is 10.1. The van der Waals surface area contributed by atoms with Crippen molar-refractivity contribution in [2.45, 2.75) is 20.0 Å². The van der Waals surface area contributed by atoms with Gasteiger partial charge in [0.05, 0.1) is 18.8 Å². The zero-order valence-electron chi connectivity index (χ0n) is 11.2. The lowest BCUT2D eigenvalue weighted by Crippen LogP contribution is -2.08. The quantitative estimate of drug-likeness (QED) is 0.779. The van der Waals surface area contributed by atoms with Crippen LogP contribution in [0, 0.1) is 6.92 Å². The third-order valence-corrected chi connectivity index (χ3v) is 3.21. The van der Waals surface area contributed by atoms with Gasteiger partial charge in [-0.2, -0.15) is 5.10 Å². The highest BCUT2D eigenvalue weighted by molar-refractivity contribution is 5.82. The van der Waals surface area contributed by atoms with Crippen LogP contribution in [0.4, 0.5) is 0 Å². The lowest BCUT2D eigenvalue weighted by molar-refractivity contribution is 0.518. The first kappa shape index (κ1) is 12.0. The van der Waals surface area contributed by atoms with Gasteiger partial charge >= 0.3 is 0 Å². The second kappa shape index (κ2) is 4.90.